The molecule has 0 saturated carbocycles. The smallest absolute Gasteiger partial charge is 0.354 e. The monoisotopic (exact) mass is 310 g/mol. The zero-order valence-corrected chi connectivity index (χ0v) is 11.2. The number of carboxylic acid groups (broad SMARTS) is 2. The summed E-state index contributed by atoms with van der Waals surface area (Å²) in [6.45, 7) is 0. The van der Waals surface area contributed by atoms with Crippen molar-refractivity contribution < 1.29 is 28.2 Å². The van der Waals surface area contributed by atoms with Crippen LogP contribution >= 0.6 is 0 Å². The molecule has 9 heteroatoms. The molecule has 4 N–H and O–H groups in total. The molecule has 0 atom stereocenters. The van der Waals surface area contributed by atoms with Crippen LogP contribution in [0.3, 0.4) is 0 Å². The molecule has 1 heterocycles. The minimum Gasteiger partial charge on any atom is -0.478 e. The van der Waals surface area contributed by atoms with E-state index in [1.165, 1.54) is 30.3 Å². The van der Waals surface area contributed by atoms with Crippen LogP contribution in [-0.2, 0) is 10.2 Å². The van der Waals surface area contributed by atoms with Gasteiger partial charge in [0, 0.05) is 11.8 Å². The average molecular weight is 310 g/mol. The summed E-state index contributed by atoms with van der Waals surface area (Å²) in [7, 11) is -4.25. The lowest BCUT2D eigenvalue weighted by Gasteiger charge is -2.06. The van der Waals surface area contributed by atoms with Gasteiger partial charge in [-0.1, -0.05) is 12.1 Å². The molecule has 21 heavy (non-hydrogen) atoms. The zero-order chi connectivity index (χ0) is 15.8. The summed E-state index contributed by atoms with van der Waals surface area (Å²) in [6, 6.07) is 6.64. The largest absolute Gasteiger partial charge is 0.478 e. The number of rotatable bonds is 4. The summed E-state index contributed by atoms with van der Waals surface area (Å²) < 4.78 is 23.1. The van der Waals surface area contributed by atoms with Crippen molar-refractivity contribution in [3.63, 3.8) is 0 Å². The van der Waals surface area contributed by atoms with Crippen molar-refractivity contribution in [2.45, 2.75) is 0 Å². The second-order valence-corrected chi connectivity index (χ2v) is 5.53. The fourth-order valence-electron chi connectivity index (χ4n) is 1.86. The highest BCUT2D eigenvalue weighted by atomic mass is 32.2. The van der Waals surface area contributed by atoms with Crippen LogP contribution in [0.2, 0.25) is 0 Å². The Morgan fingerprint density at radius 3 is 2.00 bits per heavy atom. The van der Waals surface area contributed by atoms with E-state index in [2.05, 4.69) is 0 Å². The van der Waals surface area contributed by atoms with Gasteiger partial charge in [0.2, 0.25) is 0 Å². The van der Waals surface area contributed by atoms with Crippen LogP contribution in [0.15, 0.2) is 36.5 Å². The van der Waals surface area contributed by atoms with Crippen molar-refractivity contribution in [3.05, 3.63) is 47.8 Å². The molecule has 0 aliphatic rings. The molecule has 0 spiro atoms. The van der Waals surface area contributed by atoms with Crippen molar-refractivity contribution >= 4 is 22.1 Å². The average Bonchev–Trinajstić information content (AvgIpc) is 2.83. The van der Waals surface area contributed by atoms with Gasteiger partial charge in [-0.2, -0.15) is 8.42 Å². The fraction of sp³-hybridized carbons (Fsp3) is 0. The maximum atomic E-state index is 11.3. The third kappa shape index (κ3) is 2.78. The number of nitrogens with two attached hydrogens (primary N) is 1. The number of nitrogens with zero attached hydrogens (tertiary/aromatic N) is 1. The Balaban J connectivity index is 2.62. The van der Waals surface area contributed by atoms with E-state index in [0.29, 0.717) is 9.54 Å². The zero-order valence-electron chi connectivity index (χ0n) is 10.4. The molecular formula is C12H10N2O6S. The maximum Gasteiger partial charge on any atom is 0.354 e. The summed E-state index contributed by atoms with van der Waals surface area (Å²) >= 11 is 0. The van der Waals surface area contributed by atoms with Crippen LogP contribution in [0, 0.1) is 0 Å². The molecule has 0 aliphatic carbocycles. The van der Waals surface area contributed by atoms with Crippen molar-refractivity contribution in [3.8, 4) is 11.1 Å². The van der Waals surface area contributed by atoms with E-state index >= 15 is 0 Å². The van der Waals surface area contributed by atoms with E-state index < -0.39 is 27.8 Å². The number of hydrogen-bond acceptors (Lipinski definition) is 4. The molecule has 2 aromatic rings. The second-order valence-electron chi connectivity index (χ2n) is 4.11. The Kier molecular flexibility index (Phi) is 3.54. The molecule has 0 unspecified atom stereocenters. The molecule has 0 bridgehead atoms. The van der Waals surface area contributed by atoms with Gasteiger partial charge in [-0.05, 0) is 23.8 Å². The van der Waals surface area contributed by atoms with Crippen LogP contribution in [0.25, 0.3) is 11.1 Å². The van der Waals surface area contributed by atoms with E-state index in [1.54, 1.807) is 0 Å². The van der Waals surface area contributed by atoms with Crippen LogP contribution in [-0.4, -0.2) is 34.5 Å². The molecule has 110 valence electrons. The van der Waals surface area contributed by atoms with Gasteiger partial charge in [-0.25, -0.2) is 18.7 Å². The highest BCUT2D eigenvalue weighted by molar-refractivity contribution is 7.87. The molecule has 0 saturated heterocycles. The Labute approximate surface area is 119 Å². The molecule has 2 rings (SSSR count). The number of carboxylic acids is 2. The topological polar surface area (TPSA) is 140 Å². The van der Waals surface area contributed by atoms with E-state index in [9.17, 15) is 18.0 Å². The second kappa shape index (κ2) is 5.04. The molecule has 0 fully saturated rings. The van der Waals surface area contributed by atoms with Crippen molar-refractivity contribution in [2.75, 3.05) is 0 Å². The first-order valence-corrected chi connectivity index (χ1v) is 7.04. The van der Waals surface area contributed by atoms with E-state index in [-0.39, 0.29) is 11.1 Å². The van der Waals surface area contributed by atoms with Crippen molar-refractivity contribution in [1.82, 2.24) is 3.97 Å². The summed E-state index contributed by atoms with van der Waals surface area (Å²) in [6.07, 6.45) is 1.03. The van der Waals surface area contributed by atoms with Gasteiger partial charge in [0.15, 0.2) is 5.69 Å². The number of hydrogen-bond donors (Lipinski definition) is 3. The Morgan fingerprint density at radius 2 is 1.57 bits per heavy atom. The maximum absolute atomic E-state index is 11.3. The Bertz CT molecular complexity index is 820. The molecular weight excluding hydrogens is 300 g/mol. The highest BCUT2D eigenvalue weighted by Crippen LogP contribution is 2.26. The highest BCUT2D eigenvalue weighted by Gasteiger charge is 2.22. The predicted molar refractivity (Wildman–Crippen MR) is 72.3 cm³/mol. The quantitative estimate of drug-likeness (QED) is 0.755. The number of aromatic carboxylic acids is 2. The van der Waals surface area contributed by atoms with Gasteiger partial charge in [-0.15, -0.1) is 0 Å². The lowest BCUT2D eigenvalue weighted by atomic mass is 10.0. The van der Waals surface area contributed by atoms with E-state index in [0.717, 1.165) is 6.20 Å². The fourth-order valence-corrected chi connectivity index (χ4v) is 2.52. The van der Waals surface area contributed by atoms with Crippen molar-refractivity contribution in [2.24, 2.45) is 5.14 Å². The summed E-state index contributed by atoms with van der Waals surface area (Å²) in [4.78, 5) is 22.0. The van der Waals surface area contributed by atoms with Gasteiger partial charge in [-0.3, -0.25) is 0 Å². The minimum absolute atomic E-state index is 0.0292. The van der Waals surface area contributed by atoms with Gasteiger partial charge >= 0.3 is 22.1 Å². The molecule has 0 amide bonds. The third-order valence-corrected chi connectivity index (χ3v) is 3.62. The van der Waals surface area contributed by atoms with Gasteiger partial charge in [0.1, 0.15) is 0 Å². The predicted octanol–water partition coefficient (Wildman–Crippen LogP) is 0.603. The molecule has 1 aromatic carbocycles. The minimum atomic E-state index is -4.25. The van der Waals surface area contributed by atoms with Gasteiger partial charge in [0.05, 0.1) is 5.56 Å². The van der Waals surface area contributed by atoms with Crippen LogP contribution in [0.1, 0.15) is 20.8 Å². The van der Waals surface area contributed by atoms with Gasteiger partial charge < -0.3 is 10.2 Å². The lowest BCUT2D eigenvalue weighted by molar-refractivity contribution is 0.0682. The Hall–Kier alpha value is -2.65. The van der Waals surface area contributed by atoms with E-state index in [1.807, 2.05) is 0 Å². The summed E-state index contributed by atoms with van der Waals surface area (Å²) in [5.41, 5.74) is -0.00431. The van der Waals surface area contributed by atoms with Crippen LogP contribution < -0.4 is 5.14 Å². The number of benzene rings is 1. The van der Waals surface area contributed by atoms with Gasteiger partial charge in [0.25, 0.3) is 0 Å². The van der Waals surface area contributed by atoms with Crippen LogP contribution in [0.5, 0.6) is 0 Å². The molecule has 0 radical (unpaired) electrons. The molecule has 1 aromatic heterocycles. The molecule has 8 nitrogen and oxygen atoms in total. The number of carbonyl (C=O) groups is 2. The first-order chi connectivity index (χ1) is 9.71. The SMILES string of the molecule is NS(=O)(=O)n1ccc(-c2ccc(C(=O)O)cc2)c1C(=O)O. The normalized spacial score (nSPS) is 11.3. The summed E-state index contributed by atoms with van der Waals surface area (Å²) in [5, 5.41) is 22.9. The number of aromatic nitrogens is 1. The van der Waals surface area contributed by atoms with E-state index in [4.69, 9.17) is 15.4 Å². The molecule has 0 aliphatic heterocycles. The first kappa shape index (κ1) is 14.8. The standard InChI is InChI=1S/C12H10N2O6S/c13-21(19,20)14-6-5-9(10(14)12(17)18)7-1-3-8(4-2-7)11(15)16/h1-6H,(H,15,16)(H,17,18)(H2,13,19,20). The lowest BCUT2D eigenvalue weighted by Crippen LogP contribution is -2.24. The Morgan fingerprint density at radius 1 is 1.00 bits per heavy atom. The van der Waals surface area contributed by atoms with Crippen LogP contribution in [0.4, 0.5) is 0 Å². The third-order valence-electron chi connectivity index (χ3n) is 2.77. The van der Waals surface area contributed by atoms with Crippen molar-refractivity contribution in [1.29, 1.82) is 0 Å². The summed E-state index contributed by atoms with van der Waals surface area (Å²) in [5.74, 6) is -2.59. The first-order valence-electron chi connectivity index (χ1n) is 5.53.